The van der Waals surface area contributed by atoms with Crippen LogP contribution in [0.4, 0.5) is 0 Å². The number of hydrogen-bond acceptors (Lipinski definition) is 3. The molecule has 12 heavy (non-hydrogen) atoms. The molecule has 3 N–H and O–H groups in total. The fourth-order valence-electron chi connectivity index (χ4n) is 1.29. The number of hydrogen-bond donors (Lipinski definition) is 2. The molecular formula is C9H12N2O. The molecule has 0 radical (unpaired) electrons. The van der Waals surface area contributed by atoms with Crippen LogP contribution in [0.2, 0.25) is 0 Å². The largest absolute Gasteiger partial charge is 0.506 e. The van der Waals surface area contributed by atoms with Crippen molar-refractivity contribution in [1.29, 1.82) is 0 Å². The van der Waals surface area contributed by atoms with E-state index in [1.165, 1.54) is 19.0 Å². The van der Waals surface area contributed by atoms with Crippen LogP contribution in [-0.2, 0) is 0 Å². The van der Waals surface area contributed by atoms with Crippen molar-refractivity contribution >= 4 is 0 Å². The smallest absolute Gasteiger partial charge is 0.133 e. The maximum absolute atomic E-state index is 8.99. The molecule has 0 aliphatic heterocycles. The van der Waals surface area contributed by atoms with Crippen LogP contribution < -0.4 is 5.73 Å². The molecule has 1 aromatic rings. The van der Waals surface area contributed by atoms with Gasteiger partial charge in [0.2, 0.25) is 0 Å². The predicted molar refractivity (Wildman–Crippen MR) is 45.6 cm³/mol. The van der Waals surface area contributed by atoms with Crippen molar-refractivity contribution in [3.8, 4) is 5.75 Å². The van der Waals surface area contributed by atoms with Crippen LogP contribution >= 0.6 is 0 Å². The minimum Gasteiger partial charge on any atom is -0.506 e. The molecule has 1 heterocycles. The molecule has 1 atom stereocenters. The van der Waals surface area contributed by atoms with Gasteiger partial charge in [0.25, 0.3) is 0 Å². The third-order valence-corrected chi connectivity index (χ3v) is 2.24. The van der Waals surface area contributed by atoms with Gasteiger partial charge in [-0.25, -0.2) is 0 Å². The molecule has 3 heteroatoms. The molecule has 1 fully saturated rings. The fraction of sp³-hybridized carbons (Fsp3) is 0.444. The molecule has 1 aliphatic rings. The van der Waals surface area contributed by atoms with Crippen LogP contribution in [0.1, 0.15) is 24.6 Å². The third kappa shape index (κ3) is 1.41. The lowest BCUT2D eigenvalue weighted by atomic mass is 10.1. The van der Waals surface area contributed by atoms with Gasteiger partial charge in [-0.15, -0.1) is 0 Å². The Morgan fingerprint density at radius 1 is 1.50 bits per heavy atom. The Labute approximate surface area is 71.2 Å². The number of aromatic hydroxyl groups is 1. The molecule has 0 amide bonds. The Morgan fingerprint density at radius 2 is 2.25 bits per heavy atom. The molecule has 2 rings (SSSR count). The summed E-state index contributed by atoms with van der Waals surface area (Å²) in [4.78, 5) is 4.06. The van der Waals surface area contributed by atoms with Gasteiger partial charge in [0.1, 0.15) is 5.75 Å². The summed E-state index contributed by atoms with van der Waals surface area (Å²) in [6.07, 6.45) is 3.87. The highest BCUT2D eigenvalue weighted by molar-refractivity contribution is 5.20. The molecule has 1 aliphatic carbocycles. The van der Waals surface area contributed by atoms with E-state index in [9.17, 15) is 0 Å². The monoisotopic (exact) mass is 164 g/mol. The SMILES string of the molecule is NC(c1ccc(O)cn1)C1CC1. The van der Waals surface area contributed by atoms with Crippen molar-refractivity contribution < 1.29 is 5.11 Å². The maximum atomic E-state index is 8.99. The van der Waals surface area contributed by atoms with E-state index >= 15 is 0 Å². The zero-order valence-corrected chi connectivity index (χ0v) is 6.77. The van der Waals surface area contributed by atoms with Crippen molar-refractivity contribution in [2.45, 2.75) is 18.9 Å². The molecule has 0 bridgehead atoms. The van der Waals surface area contributed by atoms with E-state index in [-0.39, 0.29) is 11.8 Å². The summed E-state index contributed by atoms with van der Waals surface area (Å²) in [5.41, 5.74) is 6.79. The minimum absolute atomic E-state index is 0.0607. The highest BCUT2D eigenvalue weighted by Gasteiger charge is 2.30. The Bertz CT molecular complexity index is 266. The summed E-state index contributed by atoms with van der Waals surface area (Å²) >= 11 is 0. The molecule has 3 nitrogen and oxygen atoms in total. The van der Waals surface area contributed by atoms with Crippen molar-refractivity contribution in [1.82, 2.24) is 4.98 Å². The van der Waals surface area contributed by atoms with Crippen molar-refractivity contribution in [2.24, 2.45) is 11.7 Å². The quantitative estimate of drug-likeness (QED) is 0.690. The average molecular weight is 164 g/mol. The lowest BCUT2D eigenvalue weighted by molar-refractivity contribution is 0.470. The van der Waals surface area contributed by atoms with Crippen LogP contribution in [0, 0.1) is 5.92 Å². The van der Waals surface area contributed by atoms with E-state index in [1.807, 2.05) is 0 Å². The van der Waals surface area contributed by atoms with E-state index in [0.717, 1.165) is 5.69 Å². The second-order valence-corrected chi connectivity index (χ2v) is 3.30. The third-order valence-electron chi connectivity index (χ3n) is 2.24. The van der Waals surface area contributed by atoms with E-state index in [4.69, 9.17) is 10.8 Å². The Kier molecular flexibility index (Phi) is 1.73. The summed E-state index contributed by atoms with van der Waals surface area (Å²) in [5.74, 6) is 0.809. The van der Waals surface area contributed by atoms with Crippen LogP contribution in [0.5, 0.6) is 5.75 Å². The Balaban J connectivity index is 2.16. The second kappa shape index (κ2) is 2.75. The van der Waals surface area contributed by atoms with Crippen molar-refractivity contribution in [2.75, 3.05) is 0 Å². The molecule has 0 saturated heterocycles. The maximum Gasteiger partial charge on any atom is 0.133 e. The predicted octanol–water partition coefficient (Wildman–Crippen LogP) is 1.20. The molecule has 1 saturated carbocycles. The van der Waals surface area contributed by atoms with Gasteiger partial charge < -0.3 is 10.8 Å². The van der Waals surface area contributed by atoms with E-state index in [2.05, 4.69) is 4.98 Å². The highest BCUT2D eigenvalue weighted by Crippen LogP contribution is 2.38. The lowest BCUT2D eigenvalue weighted by Gasteiger charge is -2.08. The van der Waals surface area contributed by atoms with E-state index in [1.54, 1.807) is 12.1 Å². The average Bonchev–Trinajstić information content (AvgIpc) is 2.87. The summed E-state index contributed by atoms with van der Waals surface area (Å²) < 4.78 is 0. The van der Waals surface area contributed by atoms with Crippen LogP contribution in [0.15, 0.2) is 18.3 Å². The topological polar surface area (TPSA) is 59.1 Å². The summed E-state index contributed by atoms with van der Waals surface area (Å²) in [5, 5.41) is 8.99. The molecule has 0 spiro atoms. The zero-order valence-electron chi connectivity index (χ0n) is 6.77. The molecule has 1 aromatic heterocycles. The first-order chi connectivity index (χ1) is 5.77. The second-order valence-electron chi connectivity index (χ2n) is 3.30. The summed E-state index contributed by atoms with van der Waals surface area (Å²) in [6, 6.07) is 3.48. The molecule has 64 valence electrons. The lowest BCUT2D eigenvalue weighted by Crippen LogP contribution is -2.13. The first-order valence-corrected chi connectivity index (χ1v) is 4.18. The molecular weight excluding hydrogens is 152 g/mol. The highest BCUT2D eigenvalue weighted by atomic mass is 16.3. The van der Waals surface area contributed by atoms with Crippen molar-refractivity contribution in [3.63, 3.8) is 0 Å². The van der Waals surface area contributed by atoms with Gasteiger partial charge in [0.15, 0.2) is 0 Å². The summed E-state index contributed by atoms with van der Waals surface area (Å²) in [7, 11) is 0. The Hall–Kier alpha value is -1.09. The summed E-state index contributed by atoms with van der Waals surface area (Å²) in [6.45, 7) is 0. The van der Waals surface area contributed by atoms with Gasteiger partial charge in [0, 0.05) is 6.04 Å². The molecule has 0 aromatic carbocycles. The standard InChI is InChI=1S/C9H12N2O/c10-9(6-1-2-6)8-4-3-7(12)5-11-8/h3-6,9,12H,1-2,10H2. The normalized spacial score (nSPS) is 19.1. The zero-order chi connectivity index (χ0) is 8.55. The van der Waals surface area contributed by atoms with Gasteiger partial charge >= 0.3 is 0 Å². The number of nitrogens with zero attached hydrogens (tertiary/aromatic N) is 1. The van der Waals surface area contributed by atoms with Crippen LogP contribution in [-0.4, -0.2) is 10.1 Å². The minimum atomic E-state index is 0.0607. The van der Waals surface area contributed by atoms with Gasteiger partial charge in [-0.05, 0) is 30.9 Å². The first-order valence-electron chi connectivity index (χ1n) is 4.18. The number of pyridine rings is 1. The van der Waals surface area contributed by atoms with Crippen molar-refractivity contribution in [3.05, 3.63) is 24.0 Å². The van der Waals surface area contributed by atoms with Gasteiger partial charge in [0.05, 0.1) is 11.9 Å². The van der Waals surface area contributed by atoms with Gasteiger partial charge in [-0.2, -0.15) is 0 Å². The first kappa shape index (κ1) is 7.55. The van der Waals surface area contributed by atoms with Crippen LogP contribution in [0.3, 0.4) is 0 Å². The number of nitrogens with two attached hydrogens (primary N) is 1. The van der Waals surface area contributed by atoms with E-state index < -0.39 is 0 Å². The fourth-order valence-corrected chi connectivity index (χ4v) is 1.29. The molecule has 1 unspecified atom stereocenters. The number of rotatable bonds is 2. The van der Waals surface area contributed by atoms with Gasteiger partial charge in [-0.3, -0.25) is 4.98 Å². The van der Waals surface area contributed by atoms with E-state index in [0.29, 0.717) is 5.92 Å². The number of aromatic nitrogens is 1. The van der Waals surface area contributed by atoms with Crippen LogP contribution in [0.25, 0.3) is 0 Å². The Morgan fingerprint density at radius 3 is 2.75 bits per heavy atom. The van der Waals surface area contributed by atoms with Gasteiger partial charge in [-0.1, -0.05) is 0 Å².